The molecule has 4 heterocycles. The van der Waals surface area contributed by atoms with Crippen molar-refractivity contribution in [2.75, 3.05) is 51.6 Å². The quantitative estimate of drug-likeness (QED) is 0.395. The van der Waals surface area contributed by atoms with Crippen molar-refractivity contribution in [2.45, 2.75) is 26.4 Å². The van der Waals surface area contributed by atoms with E-state index in [2.05, 4.69) is 62.4 Å². The molecule has 1 fully saturated rings. The van der Waals surface area contributed by atoms with E-state index < -0.39 is 6.04 Å². The number of fused-ring (bicyclic) bond motifs is 2. The molecule has 1 saturated heterocycles. The van der Waals surface area contributed by atoms with Crippen LogP contribution in [0, 0.1) is 13.8 Å². The molecule has 11 nitrogen and oxygen atoms in total. The maximum atomic E-state index is 13.5. The number of methoxy groups -OCH3 is 1. The van der Waals surface area contributed by atoms with Crippen molar-refractivity contribution >= 4 is 16.6 Å². The highest BCUT2D eigenvalue weighted by Crippen LogP contribution is 2.36. The zero-order chi connectivity index (χ0) is 26.2. The molecule has 4 aromatic rings. The summed E-state index contributed by atoms with van der Waals surface area (Å²) in [5, 5.41) is 13.4. The average molecular weight is 518 g/mol. The van der Waals surface area contributed by atoms with Gasteiger partial charge in [-0.15, -0.1) is 5.10 Å². The first kappa shape index (κ1) is 24.4. The van der Waals surface area contributed by atoms with Crippen molar-refractivity contribution in [1.29, 1.82) is 0 Å². The van der Waals surface area contributed by atoms with E-state index in [1.807, 2.05) is 18.2 Å². The standard InChI is InChI=1S/C27H31N7O4/c1-17-5-4-6-22(18(17)2)32-7-9-33(10-8-32)25(26-29-30-31-34(26)11-12-36-3)20-13-19-14-23-24(38-16-37-23)15-21(19)28-27(20)35/h4-6,13-15,25H,7-12,16H2,1-3H3,(H,28,35)/t25-/m1/s1. The maximum absolute atomic E-state index is 13.5. The minimum Gasteiger partial charge on any atom is -0.454 e. The Labute approximate surface area is 219 Å². The molecule has 6 rings (SSSR count). The van der Waals surface area contributed by atoms with Crippen LogP contribution in [0.15, 0.2) is 41.2 Å². The normalized spacial score (nSPS) is 16.3. The van der Waals surface area contributed by atoms with Crippen molar-refractivity contribution in [1.82, 2.24) is 30.1 Å². The molecule has 2 aromatic carbocycles. The van der Waals surface area contributed by atoms with Crippen LogP contribution in [-0.2, 0) is 11.3 Å². The lowest BCUT2D eigenvalue weighted by Crippen LogP contribution is -2.49. The zero-order valence-electron chi connectivity index (χ0n) is 21.8. The minimum absolute atomic E-state index is 0.171. The molecule has 198 valence electrons. The molecule has 38 heavy (non-hydrogen) atoms. The molecule has 0 aliphatic carbocycles. The monoisotopic (exact) mass is 517 g/mol. The second-order valence-electron chi connectivity index (χ2n) is 9.74. The van der Waals surface area contributed by atoms with Crippen molar-refractivity contribution < 1.29 is 14.2 Å². The van der Waals surface area contributed by atoms with Gasteiger partial charge in [-0.3, -0.25) is 9.69 Å². The summed E-state index contributed by atoms with van der Waals surface area (Å²) >= 11 is 0. The van der Waals surface area contributed by atoms with E-state index in [1.165, 1.54) is 16.8 Å². The Hall–Kier alpha value is -3.96. The molecule has 1 atom stereocenters. The number of hydrogen-bond acceptors (Lipinski definition) is 9. The summed E-state index contributed by atoms with van der Waals surface area (Å²) in [5.41, 5.74) is 4.94. The number of benzene rings is 2. The van der Waals surface area contributed by atoms with Gasteiger partial charge in [-0.2, -0.15) is 0 Å². The summed E-state index contributed by atoms with van der Waals surface area (Å²) < 4.78 is 18.1. The van der Waals surface area contributed by atoms with Crippen LogP contribution in [0.4, 0.5) is 5.69 Å². The first-order chi connectivity index (χ1) is 18.5. The fraction of sp³-hybridized carbons (Fsp3) is 0.407. The SMILES string of the molecule is COCCn1nnnc1[C@@H](c1cc2cc3c(cc2[nH]c1=O)OCO3)N1CCN(c2cccc(C)c2C)CC1. The first-order valence-electron chi connectivity index (χ1n) is 12.8. The van der Waals surface area contributed by atoms with Crippen LogP contribution in [0.5, 0.6) is 11.5 Å². The lowest BCUT2D eigenvalue weighted by atomic mass is 10.0. The van der Waals surface area contributed by atoms with Crippen LogP contribution >= 0.6 is 0 Å². The smallest absolute Gasteiger partial charge is 0.253 e. The molecule has 0 bridgehead atoms. The first-order valence-corrected chi connectivity index (χ1v) is 12.8. The summed E-state index contributed by atoms with van der Waals surface area (Å²) in [4.78, 5) is 21.3. The van der Waals surface area contributed by atoms with Gasteiger partial charge in [0.2, 0.25) is 6.79 Å². The molecule has 11 heteroatoms. The number of aromatic amines is 1. The molecular weight excluding hydrogens is 486 g/mol. The summed E-state index contributed by atoms with van der Waals surface area (Å²) in [7, 11) is 1.65. The number of nitrogens with one attached hydrogen (secondary N) is 1. The van der Waals surface area contributed by atoms with Gasteiger partial charge in [0.25, 0.3) is 5.56 Å². The van der Waals surface area contributed by atoms with Gasteiger partial charge in [-0.1, -0.05) is 12.1 Å². The van der Waals surface area contributed by atoms with Crippen LogP contribution in [0.2, 0.25) is 0 Å². The number of hydrogen-bond donors (Lipinski definition) is 1. The summed E-state index contributed by atoms with van der Waals surface area (Å²) in [6.07, 6.45) is 0. The van der Waals surface area contributed by atoms with E-state index in [0.29, 0.717) is 41.6 Å². The summed E-state index contributed by atoms with van der Waals surface area (Å²) in [6.45, 7) is 8.57. The highest BCUT2D eigenvalue weighted by Gasteiger charge is 2.33. The number of aromatic nitrogens is 5. The largest absolute Gasteiger partial charge is 0.454 e. The number of pyridine rings is 1. The van der Waals surface area contributed by atoms with Gasteiger partial charge in [0.05, 0.1) is 18.7 Å². The predicted octanol–water partition coefficient (Wildman–Crippen LogP) is 2.42. The Morgan fingerprint density at radius 2 is 1.87 bits per heavy atom. The Kier molecular flexibility index (Phi) is 6.46. The molecule has 0 radical (unpaired) electrons. The average Bonchev–Trinajstić information content (AvgIpc) is 3.58. The highest BCUT2D eigenvalue weighted by molar-refractivity contribution is 5.83. The van der Waals surface area contributed by atoms with Crippen molar-refractivity contribution in [3.63, 3.8) is 0 Å². The molecule has 0 saturated carbocycles. The number of nitrogens with zero attached hydrogens (tertiary/aromatic N) is 6. The van der Waals surface area contributed by atoms with Gasteiger partial charge in [0.1, 0.15) is 6.04 Å². The number of anilines is 1. The van der Waals surface area contributed by atoms with Crippen LogP contribution in [0.25, 0.3) is 10.9 Å². The molecule has 1 N–H and O–H groups in total. The van der Waals surface area contributed by atoms with E-state index in [-0.39, 0.29) is 12.4 Å². The third-order valence-electron chi connectivity index (χ3n) is 7.57. The Morgan fingerprint density at radius 3 is 2.66 bits per heavy atom. The topological polar surface area (TPSA) is 111 Å². The van der Waals surface area contributed by atoms with Gasteiger partial charge in [-0.25, -0.2) is 4.68 Å². The number of rotatable bonds is 7. The molecule has 0 spiro atoms. The number of H-pyrrole nitrogens is 1. The minimum atomic E-state index is -0.429. The number of piperazine rings is 1. The Bertz CT molecular complexity index is 1520. The molecule has 2 aliphatic rings. The van der Waals surface area contributed by atoms with Crippen molar-refractivity contribution in [3.8, 4) is 11.5 Å². The lowest BCUT2D eigenvalue weighted by molar-refractivity contribution is 0.171. The third-order valence-corrected chi connectivity index (χ3v) is 7.57. The number of aryl methyl sites for hydroxylation is 1. The lowest BCUT2D eigenvalue weighted by Gasteiger charge is -2.40. The fourth-order valence-electron chi connectivity index (χ4n) is 5.36. The second kappa shape index (κ2) is 10.1. The molecule has 0 amide bonds. The van der Waals surface area contributed by atoms with E-state index in [9.17, 15) is 4.79 Å². The van der Waals surface area contributed by atoms with E-state index >= 15 is 0 Å². The summed E-state index contributed by atoms with van der Waals surface area (Å²) in [5.74, 6) is 1.91. The van der Waals surface area contributed by atoms with Gasteiger partial charge < -0.3 is 24.1 Å². The Morgan fingerprint density at radius 1 is 1.08 bits per heavy atom. The van der Waals surface area contributed by atoms with Gasteiger partial charge >= 0.3 is 0 Å². The van der Waals surface area contributed by atoms with Crippen LogP contribution in [0.1, 0.15) is 28.6 Å². The van der Waals surface area contributed by atoms with E-state index in [0.717, 1.165) is 31.6 Å². The highest BCUT2D eigenvalue weighted by atomic mass is 16.7. The fourth-order valence-corrected chi connectivity index (χ4v) is 5.36. The maximum Gasteiger partial charge on any atom is 0.253 e. The van der Waals surface area contributed by atoms with Gasteiger partial charge in [0.15, 0.2) is 17.3 Å². The zero-order valence-corrected chi connectivity index (χ0v) is 21.8. The van der Waals surface area contributed by atoms with Crippen LogP contribution in [0.3, 0.4) is 0 Å². The second-order valence-corrected chi connectivity index (χ2v) is 9.74. The van der Waals surface area contributed by atoms with E-state index in [1.54, 1.807) is 11.8 Å². The molecule has 0 unspecified atom stereocenters. The van der Waals surface area contributed by atoms with E-state index in [4.69, 9.17) is 14.2 Å². The molecular formula is C27H31N7O4. The molecule has 2 aromatic heterocycles. The molecule has 2 aliphatic heterocycles. The van der Waals surface area contributed by atoms with Gasteiger partial charge in [-0.05, 0) is 53.6 Å². The number of ether oxygens (including phenoxy) is 3. The van der Waals surface area contributed by atoms with Gasteiger partial charge in [0, 0.05) is 56.0 Å². The third kappa shape index (κ3) is 4.37. The Balaban J connectivity index is 1.38. The number of tetrazole rings is 1. The van der Waals surface area contributed by atoms with Crippen molar-refractivity contribution in [3.05, 3.63) is 69.3 Å². The van der Waals surface area contributed by atoms with Crippen LogP contribution in [-0.4, -0.2) is 76.8 Å². The van der Waals surface area contributed by atoms with Crippen molar-refractivity contribution in [2.24, 2.45) is 0 Å². The summed E-state index contributed by atoms with van der Waals surface area (Å²) in [6, 6.07) is 11.6. The predicted molar refractivity (Wildman–Crippen MR) is 142 cm³/mol. The van der Waals surface area contributed by atoms with Crippen LogP contribution < -0.4 is 19.9 Å².